The number of thioether (sulfide) groups is 1. The zero-order chi connectivity index (χ0) is 27.8. The number of carbonyl (C=O) groups is 4. The van der Waals surface area contributed by atoms with Crippen LogP contribution in [0.3, 0.4) is 0 Å². The minimum absolute atomic E-state index is 0.0451. The van der Waals surface area contributed by atoms with Gasteiger partial charge >= 0.3 is 5.97 Å². The van der Waals surface area contributed by atoms with Crippen molar-refractivity contribution >= 4 is 35.5 Å². The van der Waals surface area contributed by atoms with Crippen molar-refractivity contribution in [3.63, 3.8) is 0 Å². The van der Waals surface area contributed by atoms with Crippen LogP contribution >= 0.6 is 11.8 Å². The van der Waals surface area contributed by atoms with Gasteiger partial charge in [0.2, 0.25) is 17.7 Å². The first-order valence-electron chi connectivity index (χ1n) is 12.7. The molecule has 1 aromatic rings. The zero-order valence-corrected chi connectivity index (χ0v) is 22.9. The maximum absolute atomic E-state index is 13.4. The summed E-state index contributed by atoms with van der Waals surface area (Å²) in [6, 6.07) is 5.42. The molecule has 0 heterocycles. The molecule has 37 heavy (non-hydrogen) atoms. The van der Waals surface area contributed by atoms with Crippen LogP contribution in [0.25, 0.3) is 0 Å². The summed E-state index contributed by atoms with van der Waals surface area (Å²) >= 11 is 1.48. The smallest absolute Gasteiger partial charge is 0.326 e. The molecule has 208 valence electrons. The van der Waals surface area contributed by atoms with E-state index in [2.05, 4.69) is 16.0 Å². The molecule has 11 heteroatoms. The Hall–Kier alpha value is -2.63. The maximum Gasteiger partial charge on any atom is 0.326 e. The predicted octanol–water partition coefficient (Wildman–Crippen LogP) is 1.02. The molecule has 0 fully saturated rings. The van der Waals surface area contributed by atoms with Gasteiger partial charge in [0.15, 0.2) is 0 Å². The topological polar surface area (TPSA) is 177 Å². The zero-order valence-electron chi connectivity index (χ0n) is 22.1. The SMILES string of the molecule is CSCCC(NC(=O)C(CC(C)C)NC(=O)C(Cc1ccccc1)NC(=O)C(N)CCCCN)C(=O)O. The lowest BCUT2D eigenvalue weighted by Crippen LogP contribution is -2.57. The summed E-state index contributed by atoms with van der Waals surface area (Å²) in [4.78, 5) is 50.8. The molecule has 0 radical (unpaired) electrons. The molecule has 0 aromatic heterocycles. The molecule has 10 nitrogen and oxygen atoms in total. The molecule has 0 saturated carbocycles. The van der Waals surface area contributed by atoms with Crippen LogP contribution < -0.4 is 27.4 Å². The van der Waals surface area contributed by atoms with Gasteiger partial charge in [-0.1, -0.05) is 50.6 Å². The van der Waals surface area contributed by atoms with E-state index in [1.165, 1.54) is 11.8 Å². The summed E-state index contributed by atoms with van der Waals surface area (Å²) in [5, 5.41) is 17.5. The van der Waals surface area contributed by atoms with Gasteiger partial charge in [-0.3, -0.25) is 14.4 Å². The molecule has 4 unspecified atom stereocenters. The molecule has 3 amide bonds. The molecule has 0 bridgehead atoms. The van der Waals surface area contributed by atoms with E-state index < -0.39 is 47.9 Å². The monoisotopic (exact) mass is 537 g/mol. The summed E-state index contributed by atoms with van der Waals surface area (Å²) in [7, 11) is 0. The van der Waals surface area contributed by atoms with Crippen molar-refractivity contribution in [2.24, 2.45) is 17.4 Å². The Morgan fingerprint density at radius 1 is 0.892 bits per heavy atom. The minimum Gasteiger partial charge on any atom is -0.480 e. The summed E-state index contributed by atoms with van der Waals surface area (Å²) in [5.74, 6) is -2.09. The first-order chi connectivity index (χ1) is 17.6. The molecule has 0 spiro atoms. The normalized spacial score (nSPS) is 14.3. The highest BCUT2D eigenvalue weighted by atomic mass is 32.2. The van der Waals surface area contributed by atoms with Crippen molar-refractivity contribution in [1.82, 2.24) is 16.0 Å². The third-order valence-corrected chi connectivity index (χ3v) is 6.43. The number of nitrogens with one attached hydrogen (secondary N) is 3. The van der Waals surface area contributed by atoms with Gasteiger partial charge in [-0.05, 0) is 55.7 Å². The fourth-order valence-electron chi connectivity index (χ4n) is 3.72. The van der Waals surface area contributed by atoms with Crippen molar-refractivity contribution in [2.75, 3.05) is 18.6 Å². The van der Waals surface area contributed by atoms with Crippen LogP contribution in [-0.4, -0.2) is 71.5 Å². The number of rotatable bonds is 18. The first-order valence-corrected chi connectivity index (χ1v) is 14.1. The van der Waals surface area contributed by atoms with Gasteiger partial charge in [-0.15, -0.1) is 0 Å². The summed E-state index contributed by atoms with van der Waals surface area (Å²) < 4.78 is 0. The van der Waals surface area contributed by atoms with Crippen molar-refractivity contribution in [3.05, 3.63) is 35.9 Å². The van der Waals surface area contributed by atoms with E-state index in [4.69, 9.17) is 11.5 Å². The lowest BCUT2D eigenvalue weighted by molar-refractivity contribution is -0.142. The van der Waals surface area contributed by atoms with Crippen molar-refractivity contribution in [1.29, 1.82) is 0 Å². The Bertz CT molecular complexity index is 855. The third kappa shape index (κ3) is 12.9. The number of carboxylic acid groups (broad SMARTS) is 1. The molecular weight excluding hydrogens is 494 g/mol. The Morgan fingerprint density at radius 3 is 2.05 bits per heavy atom. The lowest BCUT2D eigenvalue weighted by atomic mass is 10.00. The quantitative estimate of drug-likeness (QED) is 0.150. The van der Waals surface area contributed by atoms with E-state index in [0.29, 0.717) is 31.6 Å². The van der Waals surface area contributed by atoms with E-state index in [1.807, 2.05) is 50.4 Å². The number of benzene rings is 1. The highest BCUT2D eigenvalue weighted by Crippen LogP contribution is 2.10. The average Bonchev–Trinajstić information content (AvgIpc) is 2.85. The number of hydrogen-bond donors (Lipinski definition) is 6. The van der Waals surface area contributed by atoms with Gasteiger partial charge in [0.05, 0.1) is 6.04 Å². The number of unbranched alkanes of at least 4 members (excludes halogenated alkanes) is 1. The van der Waals surface area contributed by atoms with E-state index in [-0.39, 0.29) is 18.8 Å². The number of nitrogens with two attached hydrogens (primary N) is 2. The second-order valence-electron chi connectivity index (χ2n) is 9.51. The Balaban J connectivity index is 3.04. The molecule has 1 rings (SSSR count). The molecule has 1 aromatic carbocycles. The number of amides is 3. The number of aliphatic carboxylic acids is 1. The van der Waals surface area contributed by atoms with E-state index in [9.17, 15) is 24.3 Å². The molecule has 8 N–H and O–H groups in total. The molecule has 0 aliphatic heterocycles. The van der Waals surface area contributed by atoms with E-state index >= 15 is 0 Å². The number of carbonyl (C=O) groups excluding carboxylic acids is 3. The second kappa shape index (κ2) is 17.8. The lowest BCUT2D eigenvalue weighted by Gasteiger charge is -2.26. The van der Waals surface area contributed by atoms with Crippen LogP contribution in [0.5, 0.6) is 0 Å². The Labute approximate surface area is 224 Å². The fraction of sp³-hybridized carbons (Fsp3) is 0.615. The third-order valence-electron chi connectivity index (χ3n) is 5.79. The average molecular weight is 538 g/mol. The van der Waals surface area contributed by atoms with Crippen LogP contribution in [0.2, 0.25) is 0 Å². The van der Waals surface area contributed by atoms with Crippen molar-refractivity contribution in [3.8, 4) is 0 Å². The van der Waals surface area contributed by atoms with Crippen LogP contribution in [0.15, 0.2) is 30.3 Å². The molecular formula is C26H43N5O5S. The van der Waals surface area contributed by atoms with Gasteiger partial charge < -0.3 is 32.5 Å². The Morgan fingerprint density at radius 2 is 1.49 bits per heavy atom. The van der Waals surface area contributed by atoms with Crippen LogP contribution in [0.1, 0.15) is 51.5 Å². The van der Waals surface area contributed by atoms with Crippen molar-refractivity contribution < 1.29 is 24.3 Å². The largest absolute Gasteiger partial charge is 0.480 e. The predicted molar refractivity (Wildman–Crippen MR) is 147 cm³/mol. The van der Waals surface area contributed by atoms with E-state index in [0.717, 1.165) is 12.0 Å². The summed E-state index contributed by atoms with van der Waals surface area (Å²) in [6.45, 7) is 4.31. The van der Waals surface area contributed by atoms with Gasteiger partial charge in [0.25, 0.3) is 0 Å². The van der Waals surface area contributed by atoms with Crippen molar-refractivity contribution in [2.45, 2.75) is 76.5 Å². The fourth-order valence-corrected chi connectivity index (χ4v) is 4.19. The van der Waals surface area contributed by atoms with Gasteiger partial charge in [0, 0.05) is 6.42 Å². The minimum atomic E-state index is -1.13. The molecule has 0 aliphatic rings. The van der Waals surface area contributed by atoms with Gasteiger partial charge in [-0.25, -0.2) is 4.79 Å². The van der Waals surface area contributed by atoms with Crippen LogP contribution in [0, 0.1) is 5.92 Å². The molecule has 4 atom stereocenters. The van der Waals surface area contributed by atoms with Crippen LogP contribution in [0.4, 0.5) is 0 Å². The van der Waals surface area contributed by atoms with Gasteiger partial charge in [-0.2, -0.15) is 11.8 Å². The first kappa shape index (κ1) is 32.4. The van der Waals surface area contributed by atoms with Crippen LogP contribution in [-0.2, 0) is 25.6 Å². The maximum atomic E-state index is 13.4. The number of carboxylic acids is 1. The summed E-state index contributed by atoms with van der Waals surface area (Å²) in [6.07, 6.45) is 4.50. The highest BCUT2D eigenvalue weighted by molar-refractivity contribution is 7.98. The Kier molecular flexibility index (Phi) is 15.6. The second-order valence-corrected chi connectivity index (χ2v) is 10.5. The summed E-state index contributed by atoms with van der Waals surface area (Å²) in [5.41, 5.74) is 12.4. The molecule has 0 saturated heterocycles. The highest BCUT2D eigenvalue weighted by Gasteiger charge is 2.30. The number of hydrogen-bond acceptors (Lipinski definition) is 7. The standard InChI is InChI=1S/C26H43N5O5S/c1-17(2)15-21(24(33)29-20(26(35)36)12-14-37-3)31-25(34)22(16-18-9-5-4-6-10-18)30-23(32)19(28)11-7-8-13-27/h4-6,9-10,17,19-22H,7-8,11-16,27-28H2,1-3H3,(H,29,33)(H,30,32)(H,31,34)(H,35,36). The molecule has 0 aliphatic carbocycles. The van der Waals surface area contributed by atoms with Gasteiger partial charge in [0.1, 0.15) is 18.1 Å². The van der Waals surface area contributed by atoms with E-state index in [1.54, 1.807) is 0 Å².